The van der Waals surface area contributed by atoms with E-state index in [1.807, 2.05) is 36.4 Å². The van der Waals surface area contributed by atoms with Crippen molar-refractivity contribution >= 4 is 18.0 Å². The Bertz CT molecular complexity index is 846. The second-order valence-corrected chi connectivity index (χ2v) is 9.38. The summed E-state index contributed by atoms with van der Waals surface area (Å²) >= 11 is 0. The third-order valence-electron chi connectivity index (χ3n) is 4.64. The van der Waals surface area contributed by atoms with Gasteiger partial charge in [0.15, 0.2) is 0 Å². The van der Waals surface area contributed by atoms with Gasteiger partial charge in [0, 0.05) is 12.5 Å². The second-order valence-electron chi connectivity index (χ2n) is 9.38. The summed E-state index contributed by atoms with van der Waals surface area (Å²) in [5.74, 6) is -1.66. The van der Waals surface area contributed by atoms with E-state index in [-0.39, 0.29) is 17.3 Å². The van der Waals surface area contributed by atoms with Crippen LogP contribution in [0.25, 0.3) is 6.08 Å². The van der Waals surface area contributed by atoms with Crippen LogP contribution in [0.1, 0.15) is 70.2 Å². The van der Waals surface area contributed by atoms with Gasteiger partial charge < -0.3 is 10.2 Å². The first-order valence-corrected chi connectivity index (χ1v) is 10.1. The average Bonchev–Trinajstić information content (AvgIpc) is 2.64. The van der Waals surface area contributed by atoms with Crippen LogP contribution in [-0.2, 0) is 26.8 Å². The van der Waals surface area contributed by atoms with Crippen LogP contribution in [0, 0.1) is 0 Å². The molecule has 0 heterocycles. The smallest absolute Gasteiger partial charge is 0.328 e. The van der Waals surface area contributed by atoms with E-state index in [2.05, 4.69) is 53.7 Å². The molecule has 0 saturated heterocycles. The highest BCUT2D eigenvalue weighted by Crippen LogP contribution is 2.23. The molecule has 0 bridgehead atoms. The van der Waals surface area contributed by atoms with Crippen molar-refractivity contribution in [3.8, 4) is 0 Å². The van der Waals surface area contributed by atoms with Crippen molar-refractivity contribution in [2.75, 3.05) is 0 Å². The quantitative estimate of drug-likeness (QED) is 0.586. The van der Waals surface area contributed by atoms with E-state index in [9.17, 15) is 9.59 Å². The number of aryl methyl sites for hydroxylation is 1. The third-order valence-corrected chi connectivity index (χ3v) is 4.64. The van der Waals surface area contributed by atoms with Crippen molar-refractivity contribution in [3.05, 3.63) is 76.9 Å². The molecular formula is C26H34O4. The van der Waals surface area contributed by atoms with Crippen LogP contribution in [-0.4, -0.2) is 22.2 Å². The molecule has 0 saturated carbocycles. The summed E-state index contributed by atoms with van der Waals surface area (Å²) in [7, 11) is 0. The average molecular weight is 411 g/mol. The summed E-state index contributed by atoms with van der Waals surface area (Å²) in [6.45, 7) is 12.9. The number of benzene rings is 2. The monoisotopic (exact) mass is 410 g/mol. The normalized spacial score (nSPS) is 11.7. The molecule has 4 heteroatoms. The van der Waals surface area contributed by atoms with Crippen LogP contribution in [0.2, 0.25) is 0 Å². The van der Waals surface area contributed by atoms with E-state index >= 15 is 0 Å². The number of hydrogen-bond donors (Lipinski definition) is 2. The first kappa shape index (κ1) is 25.2. The molecular weight excluding hydrogens is 376 g/mol. The van der Waals surface area contributed by atoms with Crippen LogP contribution in [0.15, 0.2) is 54.6 Å². The molecule has 2 rings (SSSR count). The number of rotatable bonds is 5. The highest BCUT2D eigenvalue weighted by molar-refractivity contribution is 5.85. The molecule has 30 heavy (non-hydrogen) atoms. The molecule has 0 amide bonds. The standard InChI is InChI=1S/C13H18O2.C13H16O2/c2*1-13(2,3)11-7-4-10(5-8-11)6-9-12(14)15/h4-5,7-8H,6,9H2,1-3H3,(H,14,15);4-9H,1-3H3,(H,14,15). The zero-order valence-corrected chi connectivity index (χ0v) is 18.9. The highest BCUT2D eigenvalue weighted by atomic mass is 16.4. The van der Waals surface area contributed by atoms with Gasteiger partial charge in [-0.15, -0.1) is 0 Å². The van der Waals surface area contributed by atoms with E-state index in [1.54, 1.807) is 6.08 Å². The van der Waals surface area contributed by atoms with Crippen molar-refractivity contribution < 1.29 is 19.8 Å². The predicted octanol–water partition coefficient (Wildman–Crippen LogP) is 6.08. The molecule has 0 aromatic heterocycles. The lowest BCUT2D eigenvalue weighted by Crippen LogP contribution is -2.10. The summed E-state index contributed by atoms with van der Waals surface area (Å²) in [6, 6.07) is 16.1. The van der Waals surface area contributed by atoms with Gasteiger partial charge in [0.25, 0.3) is 0 Å². The number of carboxylic acids is 2. The van der Waals surface area contributed by atoms with Gasteiger partial charge in [0.05, 0.1) is 0 Å². The van der Waals surface area contributed by atoms with Gasteiger partial charge in [-0.25, -0.2) is 4.79 Å². The lowest BCUT2D eigenvalue weighted by atomic mass is 9.86. The van der Waals surface area contributed by atoms with E-state index in [4.69, 9.17) is 10.2 Å². The molecule has 162 valence electrons. The molecule has 0 aliphatic carbocycles. The molecule has 2 N–H and O–H groups in total. The molecule has 0 aliphatic heterocycles. The van der Waals surface area contributed by atoms with Gasteiger partial charge in [-0.1, -0.05) is 90.1 Å². The lowest BCUT2D eigenvalue weighted by molar-refractivity contribution is -0.137. The Balaban J connectivity index is 0.000000300. The van der Waals surface area contributed by atoms with Gasteiger partial charge in [-0.05, 0) is 45.6 Å². The van der Waals surface area contributed by atoms with Gasteiger partial charge in [0.2, 0.25) is 0 Å². The Hall–Kier alpha value is -2.88. The van der Waals surface area contributed by atoms with Crippen LogP contribution >= 0.6 is 0 Å². The first-order valence-electron chi connectivity index (χ1n) is 10.1. The molecule has 2 aromatic rings. The Morgan fingerprint density at radius 3 is 1.57 bits per heavy atom. The maximum absolute atomic E-state index is 10.4. The summed E-state index contributed by atoms with van der Waals surface area (Å²) in [6.07, 6.45) is 3.55. The van der Waals surface area contributed by atoms with Crippen molar-refractivity contribution in [1.29, 1.82) is 0 Å². The zero-order valence-electron chi connectivity index (χ0n) is 18.9. The Morgan fingerprint density at radius 2 is 1.20 bits per heavy atom. The fourth-order valence-corrected chi connectivity index (χ4v) is 2.68. The number of aliphatic carboxylic acids is 2. The van der Waals surface area contributed by atoms with Gasteiger partial charge >= 0.3 is 11.9 Å². The van der Waals surface area contributed by atoms with E-state index in [0.717, 1.165) is 17.2 Å². The van der Waals surface area contributed by atoms with Crippen molar-refractivity contribution in [3.63, 3.8) is 0 Å². The van der Waals surface area contributed by atoms with E-state index in [0.29, 0.717) is 6.42 Å². The van der Waals surface area contributed by atoms with Crippen LogP contribution in [0.4, 0.5) is 0 Å². The summed E-state index contributed by atoms with van der Waals surface area (Å²) in [4.78, 5) is 20.7. The minimum atomic E-state index is -0.921. The molecule has 0 radical (unpaired) electrons. The summed E-state index contributed by atoms with van der Waals surface area (Å²) in [5, 5.41) is 17.0. The summed E-state index contributed by atoms with van der Waals surface area (Å²) < 4.78 is 0. The lowest BCUT2D eigenvalue weighted by Gasteiger charge is -2.19. The molecule has 2 aromatic carbocycles. The number of carboxylic acid groups (broad SMARTS) is 2. The highest BCUT2D eigenvalue weighted by Gasteiger charge is 2.13. The molecule has 0 unspecified atom stereocenters. The van der Waals surface area contributed by atoms with Gasteiger partial charge in [-0.2, -0.15) is 0 Å². The van der Waals surface area contributed by atoms with Gasteiger partial charge in [-0.3, -0.25) is 4.79 Å². The Morgan fingerprint density at radius 1 is 0.767 bits per heavy atom. The fraction of sp³-hybridized carbons (Fsp3) is 0.385. The van der Waals surface area contributed by atoms with Crippen molar-refractivity contribution in [2.24, 2.45) is 0 Å². The fourth-order valence-electron chi connectivity index (χ4n) is 2.68. The van der Waals surface area contributed by atoms with Crippen LogP contribution in [0.5, 0.6) is 0 Å². The minimum Gasteiger partial charge on any atom is -0.481 e. The first-order chi connectivity index (χ1) is 13.8. The summed E-state index contributed by atoms with van der Waals surface area (Å²) in [5.41, 5.74) is 4.81. The second kappa shape index (κ2) is 10.8. The third kappa shape index (κ3) is 9.55. The molecule has 0 fully saturated rings. The van der Waals surface area contributed by atoms with Crippen LogP contribution in [0.3, 0.4) is 0 Å². The molecule has 4 nitrogen and oxygen atoms in total. The topological polar surface area (TPSA) is 74.6 Å². The van der Waals surface area contributed by atoms with E-state index < -0.39 is 11.9 Å². The maximum Gasteiger partial charge on any atom is 0.328 e. The minimum absolute atomic E-state index is 0.134. The number of hydrogen-bond acceptors (Lipinski definition) is 2. The Labute approximate surface area is 180 Å². The predicted molar refractivity (Wildman–Crippen MR) is 123 cm³/mol. The maximum atomic E-state index is 10.4. The van der Waals surface area contributed by atoms with Gasteiger partial charge in [0.1, 0.15) is 0 Å². The van der Waals surface area contributed by atoms with Crippen LogP contribution < -0.4 is 0 Å². The molecule has 0 atom stereocenters. The zero-order chi connectivity index (χ0) is 22.9. The molecule has 0 spiro atoms. The number of carbonyl (C=O) groups is 2. The van der Waals surface area contributed by atoms with Crippen molar-refractivity contribution in [2.45, 2.75) is 65.2 Å². The largest absolute Gasteiger partial charge is 0.481 e. The Kier molecular flexibility index (Phi) is 9.03. The van der Waals surface area contributed by atoms with E-state index in [1.165, 1.54) is 11.1 Å². The molecule has 0 aliphatic rings. The van der Waals surface area contributed by atoms with Crippen molar-refractivity contribution in [1.82, 2.24) is 0 Å². The SMILES string of the molecule is CC(C)(C)c1ccc(C=CC(=O)O)cc1.CC(C)(C)c1ccc(CCC(=O)O)cc1.